The number of nitrogens with one attached hydrogen (secondary N) is 1. The Bertz CT molecular complexity index is 558. The first-order valence-corrected chi connectivity index (χ1v) is 7.03. The maximum absolute atomic E-state index is 5.78. The normalized spacial score (nSPS) is 22.6. The lowest BCUT2D eigenvalue weighted by Gasteiger charge is -2.32. The van der Waals surface area contributed by atoms with Crippen LogP contribution in [0.25, 0.3) is 11.1 Å². The largest absolute Gasteiger partial charge is 0.441 e. The van der Waals surface area contributed by atoms with Gasteiger partial charge in [0.2, 0.25) is 0 Å². The number of rotatable bonds is 5. The molecule has 1 aliphatic rings. The summed E-state index contributed by atoms with van der Waals surface area (Å²) in [6, 6.07) is 6.70. The van der Waals surface area contributed by atoms with Crippen LogP contribution in [0.2, 0.25) is 0 Å². The van der Waals surface area contributed by atoms with Gasteiger partial charge >= 0.3 is 0 Å². The summed E-state index contributed by atoms with van der Waals surface area (Å²) in [5.41, 5.74) is 8.91. The van der Waals surface area contributed by atoms with Gasteiger partial charge in [-0.2, -0.15) is 0 Å². The fourth-order valence-electron chi connectivity index (χ4n) is 2.74. The van der Waals surface area contributed by atoms with E-state index in [-0.39, 0.29) is 0 Å². The lowest BCUT2D eigenvalue weighted by Crippen LogP contribution is -2.41. The molecule has 19 heavy (non-hydrogen) atoms. The number of benzene rings is 1. The van der Waals surface area contributed by atoms with E-state index in [4.69, 9.17) is 10.2 Å². The Morgan fingerprint density at radius 1 is 1.42 bits per heavy atom. The molecule has 2 aromatic rings. The van der Waals surface area contributed by atoms with E-state index in [9.17, 15) is 0 Å². The smallest absolute Gasteiger partial charge is 0.192 e. The average Bonchev–Trinajstić information content (AvgIpc) is 2.71. The van der Waals surface area contributed by atoms with Crippen molar-refractivity contribution in [1.82, 2.24) is 10.3 Å². The van der Waals surface area contributed by atoms with Crippen molar-refractivity contribution in [2.24, 2.45) is 11.7 Å². The molecule has 0 unspecified atom stereocenters. The Morgan fingerprint density at radius 3 is 3.05 bits per heavy atom. The summed E-state index contributed by atoms with van der Waals surface area (Å²) in [7, 11) is 0. The SMILES string of the molecule is Cc1nc2cc(CCNCC3CC(N)C3)ccc2o1. The van der Waals surface area contributed by atoms with Crippen LogP contribution in [0.5, 0.6) is 0 Å². The molecule has 1 aliphatic carbocycles. The highest BCUT2D eigenvalue weighted by Crippen LogP contribution is 2.24. The first-order valence-electron chi connectivity index (χ1n) is 7.03. The zero-order valence-corrected chi connectivity index (χ0v) is 11.4. The molecule has 1 saturated carbocycles. The van der Waals surface area contributed by atoms with Gasteiger partial charge in [-0.25, -0.2) is 4.98 Å². The Kier molecular flexibility index (Phi) is 3.53. The van der Waals surface area contributed by atoms with Crippen LogP contribution in [0, 0.1) is 12.8 Å². The van der Waals surface area contributed by atoms with E-state index in [2.05, 4.69) is 22.4 Å². The maximum Gasteiger partial charge on any atom is 0.192 e. The summed E-state index contributed by atoms with van der Waals surface area (Å²) in [5.74, 6) is 1.52. The number of aromatic nitrogens is 1. The second-order valence-electron chi connectivity index (χ2n) is 5.59. The molecule has 1 heterocycles. The fraction of sp³-hybridized carbons (Fsp3) is 0.533. The minimum Gasteiger partial charge on any atom is -0.441 e. The summed E-state index contributed by atoms with van der Waals surface area (Å²) < 4.78 is 5.47. The third-order valence-electron chi connectivity index (χ3n) is 3.85. The van der Waals surface area contributed by atoms with E-state index in [1.807, 2.05) is 13.0 Å². The molecule has 1 fully saturated rings. The van der Waals surface area contributed by atoms with Crippen molar-refractivity contribution in [2.75, 3.05) is 13.1 Å². The highest BCUT2D eigenvalue weighted by molar-refractivity contribution is 5.73. The Labute approximate surface area is 113 Å². The first-order chi connectivity index (χ1) is 9.20. The van der Waals surface area contributed by atoms with Crippen LogP contribution in [0.3, 0.4) is 0 Å². The third kappa shape index (κ3) is 2.96. The molecule has 0 amide bonds. The average molecular weight is 259 g/mol. The van der Waals surface area contributed by atoms with Crippen molar-refractivity contribution >= 4 is 11.1 Å². The molecule has 0 aliphatic heterocycles. The Hall–Kier alpha value is -1.39. The molecule has 0 radical (unpaired) electrons. The van der Waals surface area contributed by atoms with E-state index in [1.165, 1.54) is 18.4 Å². The summed E-state index contributed by atoms with van der Waals surface area (Å²) in [6.45, 7) is 3.98. The molecular formula is C15H21N3O. The predicted molar refractivity (Wildman–Crippen MR) is 76.0 cm³/mol. The van der Waals surface area contributed by atoms with Crippen LogP contribution in [0.1, 0.15) is 24.3 Å². The zero-order valence-electron chi connectivity index (χ0n) is 11.4. The number of nitrogens with two attached hydrogens (primary N) is 1. The van der Waals surface area contributed by atoms with Gasteiger partial charge in [-0.05, 0) is 56.0 Å². The van der Waals surface area contributed by atoms with Crippen LogP contribution in [-0.2, 0) is 6.42 Å². The maximum atomic E-state index is 5.78. The lowest BCUT2D eigenvalue weighted by atomic mass is 9.81. The molecule has 0 bridgehead atoms. The van der Waals surface area contributed by atoms with Crippen molar-refractivity contribution in [3.05, 3.63) is 29.7 Å². The number of hydrogen-bond acceptors (Lipinski definition) is 4. The number of aryl methyl sites for hydroxylation is 1. The summed E-state index contributed by atoms with van der Waals surface area (Å²) in [4.78, 5) is 4.36. The number of oxazole rings is 1. The summed E-state index contributed by atoms with van der Waals surface area (Å²) in [6.07, 6.45) is 3.38. The third-order valence-corrected chi connectivity index (χ3v) is 3.85. The predicted octanol–water partition coefficient (Wildman–Crippen LogP) is 2.01. The molecule has 3 rings (SSSR count). The summed E-state index contributed by atoms with van der Waals surface area (Å²) >= 11 is 0. The van der Waals surface area contributed by atoms with Crippen LogP contribution < -0.4 is 11.1 Å². The van der Waals surface area contributed by atoms with E-state index in [0.717, 1.165) is 42.4 Å². The molecular weight excluding hydrogens is 238 g/mol. The molecule has 102 valence electrons. The van der Waals surface area contributed by atoms with Crippen molar-refractivity contribution in [1.29, 1.82) is 0 Å². The number of hydrogen-bond donors (Lipinski definition) is 2. The lowest BCUT2D eigenvalue weighted by molar-refractivity contribution is 0.257. The quantitative estimate of drug-likeness (QED) is 0.806. The molecule has 0 spiro atoms. The van der Waals surface area contributed by atoms with Crippen LogP contribution in [0.4, 0.5) is 0 Å². The highest BCUT2D eigenvalue weighted by Gasteiger charge is 2.24. The highest BCUT2D eigenvalue weighted by atomic mass is 16.3. The molecule has 0 atom stereocenters. The van der Waals surface area contributed by atoms with Crippen LogP contribution >= 0.6 is 0 Å². The van der Waals surface area contributed by atoms with Gasteiger partial charge in [0.15, 0.2) is 11.5 Å². The van der Waals surface area contributed by atoms with Crippen LogP contribution in [0.15, 0.2) is 22.6 Å². The van der Waals surface area contributed by atoms with E-state index in [1.54, 1.807) is 0 Å². The minimum absolute atomic E-state index is 0.449. The summed E-state index contributed by atoms with van der Waals surface area (Å²) in [5, 5.41) is 3.51. The zero-order chi connectivity index (χ0) is 13.2. The van der Waals surface area contributed by atoms with Crippen molar-refractivity contribution < 1.29 is 4.42 Å². The van der Waals surface area contributed by atoms with Gasteiger partial charge in [-0.3, -0.25) is 0 Å². The number of fused-ring (bicyclic) bond motifs is 1. The van der Waals surface area contributed by atoms with Crippen LogP contribution in [-0.4, -0.2) is 24.1 Å². The first kappa shape index (κ1) is 12.6. The minimum atomic E-state index is 0.449. The van der Waals surface area contributed by atoms with E-state index >= 15 is 0 Å². The topological polar surface area (TPSA) is 64.1 Å². The van der Waals surface area contributed by atoms with E-state index < -0.39 is 0 Å². The molecule has 4 nitrogen and oxygen atoms in total. The van der Waals surface area contributed by atoms with Gasteiger partial charge in [-0.1, -0.05) is 6.07 Å². The van der Waals surface area contributed by atoms with Gasteiger partial charge in [0, 0.05) is 13.0 Å². The van der Waals surface area contributed by atoms with Gasteiger partial charge < -0.3 is 15.5 Å². The number of nitrogens with zero attached hydrogens (tertiary/aromatic N) is 1. The van der Waals surface area contributed by atoms with E-state index in [0.29, 0.717) is 6.04 Å². The molecule has 1 aromatic heterocycles. The van der Waals surface area contributed by atoms with Gasteiger partial charge in [0.25, 0.3) is 0 Å². The van der Waals surface area contributed by atoms with Crippen molar-refractivity contribution in [3.63, 3.8) is 0 Å². The standard InChI is InChI=1S/C15H21N3O/c1-10-18-14-8-11(2-3-15(14)19-10)4-5-17-9-12-6-13(16)7-12/h2-3,8,12-13,17H,4-7,9,16H2,1H3. The molecule has 4 heteroatoms. The van der Waals surface area contributed by atoms with Gasteiger partial charge in [0.1, 0.15) is 5.52 Å². The molecule has 0 saturated heterocycles. The van der Waals surface area contributed by atoms with Gasteiger partial charge in [-0.15, -0.1) is 0 Å². The Balaban J connectivity index is 1.48. The fourth-order valence-corrected chi connectivity index (χ4v) is 2.74. The van der Waals surface area contributed by atoms with Gasteiger partial charge in [0.05, 0.1) is 0 Å². The molecule has 3 N–H and O–H groups in total. The molecule has 1 aromatic carbocycles. The monoisotopic (exact) mass is 259 g/mol. The second kappa shape index (κ2) is 5.31. The van der Waals surface area contributed by atoms with Crippen molar-refractivity contribution in [2.45, 2.75) is 32.2 Å². The van der Waals surface area contributed by atoms with Crippen molar-refractivity contribution in [3.8, 4) is 0 Å². The Morgan fingerprint density at radius 2 is 2.26 bits per heavy atom. The second-order valence-corrected chi connectivity index (χ2v) is 5.59.